The number of nitrogens with one attached hydrogen (secondary N) is 1. The summed E-state index contributed by atoms with van der Waals surface area (Å²) in [5.41, 5.74) is 5.59. The Morgan fingerprint density at radius 3 is 2.60 bits per heavy atom. The molecule has 3 N–H and O–H groups in total. The second-order valence-electron chi connectivity index (χ2n) is 4.12. The van der Waals surface area contributed by atoms with Gasteiger partial charge in [0.05, 0.1) is 10.7 Å². The summed E-state index contributed by atoms with van der Waals surface area (Å²) in [6, 6.07) is 7.97. The number of carbonyl (C=O) groups excluding carboxylic acids is 1. The van der Waals surface area contributed by atoms with E-state index in [9.17, 15) is 13.6 Å². The van der Waals surface area contributed by atoms with Gasteiger partial charge in [-0.2, -0.15) is 0 Å². The fraction of sp³-hybridized carbons (Fsp3) is 0.0714. The van der Waals surface area contributed by atoms with E-state index in [1.807, 2.05) is 0 Å². The molecule has 0 aliphatic carbocycles. The van der Waals surface area contributed by atoms with Crippen LogP contribution >= 0.6 is 11.6 Å². The van der Waals surface area contributed by atoms with E-state index in [1.54, 1.807) is 0 Å². The van der Waals surface area contributed by atoms with Gasteiger partial charge in [0, 0.05) is 17.7 Å². The molecule has 0 saturated heterocycles. The topological polar surface area (TPSA) is 55.1 Å². The van der Waals surface area contributed by atoms with Crippen molar-refractivity contribution in [3.8, 4) is 0 Å². The molecular weight excluding hydrogens is 286 g/mol. The lowest BCUT2D eigenvalue weighted by molar-refractivity contribution is 0.1000. The molecule has 20 heavy (non-hydrogen) atoms. The molecule has 0 saturated carbocycles. The van der Waals surface area contributed by atoms with Crippen molar-refractivity contribution in [1.29, 1.82) is 0 Å². The van der Waals surface area contributed by atoms with Gasteiger partial charge in [0.25, 0.3) is 0 Å². The van der Waals surface area contributed by atoms with E-state index >= 15 is 0 Å². The van der Waals surface area contributed by atoms with Gasteiger partial charge in [0.15, 0.2) is 0 Å². The average molecular weight is 297 g/mol. The smallest absolute Gasteiger partial charge is 0.248 e. The number of halogens is 3. The molecule has 2 aromatic rings. The van der Waals surface area contributed by atoms with Crippen LogP contribution in [0.3, 0.4) is 0 Å². The molecule has 0 spiro atoms. The Hall–Kier alpha value is -2.14. The maximum atomic E-state index is 13.6. The third-order valence-electron chi connectivity index (χ3n) is 2.75. The Bertz CT molecular complexity index is 641. The Balaban J connectivity index is 2.23. The van der Waals surface area contributed by atoms with Crippen LogP contribution in [0.25, 0.3) is 0 Å². The maximum absolute atomic E-state index is 13.6. The predicted octanol–water partition coefficient (Wildman–Crippen LogP) is 3.33. The van der Waals surface area contributed by atoms with Crippen molar-refractivity contribution in [2.75, 3.05) is 5.32 Å². The monoisotopic (exact) mass is 296 g/mol. The van der Waals surface area contributed by atoms with Gasteiger partial charge in [0.2, 0.25) is 5.91 Å². The third kappa shape index (κ3) is 3.05. The van der Waals surface area contributed by atoms with Crippen molar-refractivity contribution in [1.82, 2.24) is 0 Å². The summed E-state index contributed by atoms with van der Waals surface area (Å²) in [6.45, 7) is -0.0202. The van der Waals surface area contributed by atoms with Crippen molar-refractivity contribution >= 4 is 23.2 Å². The van der Waals surface area contributed by atoms with Crippen LogP contribution < -0.4 is 11.1 Å². The Kier molecular flexibility index (Phi) is 4.20. The lowest BCUT2D eigenvalue weighted by Crippen LogP contribution is -2.12. The van der Waals surface area contributed by atoms with Crippen LogP contribution in [0.2, 0.25) is 5.02 Å². The number of rotatable bonds is 4. The zero-order valence-electron chi connectivity index (χ0n) is 10.3. The first-order chi connectivity index (χ1) is 9.49. The predicted molar refractivity (Wildman–Crippen MR) is 73.7 cm³/mol. The maximum Gasteiger partial charge on any atom is 0.248 e. The van der Waals surface area contributed by atoms with Crippen LogP contribution in [0.5, 0.6) is 0 Å². The molecule has 0 unspecified atom stereocenters. The van der Waals surface area contributed by atoms with E-state index in [0.29, 0.717) is 0 Å². The normalized spacial score (nSPS) is 10.3. The van der Waals surface area contributed by atoms with Gasteiger partial charge < -0.3 is 11.1 Å². The van der Waals surface area contributed by atoms with Crippen molar-refractivity contribution in [3.05, 3.63) is 64.2 Å². The molecule has 104 valence electrons. The fourth-order valence-electron chi connectivity index (χ4n) is 1.71. The SMILES string of the molecule is NC(=O)c1ccc(F)c(CNc2c(F)cccc2Cl)c1. The second kappa shape index (κ2) is 5.88. The highest BCUT2D eigenvalue weighted by Gasteiger charge is 2.10. The van der Waals surface area contributed by atoms with Crippen LogP contribution in [0, 0.1) is 11.6 Å². The molecule has 0 bridgehead atoms. The first kappa shape index (κ1) is 14.3. The third-order valence-corrected chi connectivity index (χ3v) is 3.06. The minimum absolute atomic E-state index is 0.0202. The highest BCUT2D eigenvalue weighted by atomic mass is 35.5. The van der Waals surface area contributed by atoms with Gasteiger partial charge >= 0.3 is 0 Å². The largest absolute Gasteiger partial charge is 0.377 e. The van der Waals surface area contributed by atoms with Crippen molar-refractivity contribution in [2.24, 2.45) is 5.73 Å². The average Bonchev–Trinajstić information content (AvgIpc) is 2.39. The number of para-hydroxylation sites is 1. The number of hydrogen-bond donors (Lipinski definition) is 2. The molecule has 6 heteroatoms. The summed E-state index contributed by atoms with van der Waals surface area (Å²) in [5.74, 6) is -1.71. The standard InChI is InChI=1S/C14H11ClF2N2O/c15-10-2-1-3-12(17)13(10)19-7-9-6-8(14(18)20)4-5-11(9)16/h1-6,19H,7H2,(H2,18,20). The molecule has 0 aromatic heterocycles. The molecule has 0 aliphatic rings. The minimum Gasteiger partial charge on any atom is -0.377 e. The molecule has 0 fully saturated rings. The molecule has 0 aliphatic heterocycles. The summed E-state index contributed by atoms with van der Waals surface area (Å²) in [5, 5.41) is 2.90. The van der Waals surface area contributed by atoms with Gasteiger partial charge in [-0.05, 0) is 30.3 Å². The molecule has 3 nitrogen and oxygen atoms in total. The number of hydrogen-bond acceptors (Lipinski definition) is 2. The van der Waals surface area contributed by atoms with E-state index in [4.69, 9.17) is 17.3 Å². The van der Waals surface area contributed by atoms with Gasteiger partial charge in [-0.25, -0.2) is 8.78 Å². The van der Waals surface area contributed by atoms with E-state index in [-0.39, 0.29) is 28.4 Å². The van der Waals surface area contributed by atoms with Crippen LogP contribution in [-0.2, 0) is 6.54 Å². The van der Waals surface area contributed by atoms with Crippen LogP contribution in [0.15, 0.2) is 36.4 Å². The zero-order valence-corrected chi connectivity index (χ0v) is 11.0. The summed E-state index contributed by atoms with van der Waals surface area (Å²) < 4.78 is 27.2. The summed E-state index contributed by atoms with van der Waals surface area (Å²) >= 11 is 5.85. The number of primary amides is 1. The van der Waals surface area contributed by atoms with Crippen molar-refractivity contribution < 1.29 is 13.6 Å². The van der Waals surface area contributed by atoms with Gasteiger partial charge in [-0.1, -0.05) is 17.7 Å². The van der Waals surface area contributed by atoms with Gasteiger partial charge in [-0.15, -0.1) is 0 Å². The summed E-state index contributed by atoms with van der Waals surface area (Å²) in [7, 11) is 0. The van der Waals surface area contributed by atoms with E-state index < -0.39 is 17.5 Å². The van der Waals surface area contributed by atoms with Crippen LogP contribution in [0.4, 0.5) is 14.5 Å². The number of benzene rings is 2. The van der Waals surface area contributed by atoms with Crippen molar-refractivity contribution in [2.45, 2.75) is 6.54 Å². The van der Waals surface area contributed by atoms with Crippen LogP contribution in [0.1, 0.15) is 15.9 Å². The lowest BCUT2D eigenvalue weighted by atomic mass is 10.1. The molecule has 0 heterocycles. The highest BCUT2D eigenvalue weighted by molar-refractivity contribution is 6.33. The highest BCUT2D eigenvalue weighted by Crippen LogP contribution is 2.25. The Morgan fingerprint density at radius 2 is 1.95 bits per heavy atom. The molecule has 1 amide bonds. The fourth-order valence-corrected chi connectivity index (χ4v) is 1.94. The van der Waals surface area contributed by atoms with E-state index in [0.717, 1.165) is 6.07 Å². The number of carbonyl (C=O) groups is 1. The number of amides is 1. The zero-order chi connectivity index (χ0) is 14.7. The molecule has 2 aromatic carbocycles. The summed E-state index contributed by atoms with van der Waals surface area (Å²) in [4.78, 5) is 11.0. The molecule has 0 radical (unpaired) electrons. The Morgan fingerprint density at radius 1 is 1.20 bits per heavy atom. The first-order valence-electron chi connectivity index (χ1n) is 5.75. The number of anilines is 1. The molecule has 2 rings (SSSR count). The van der Waals surface area contributed by atoms with Gasteiger partial charge in [0.1, 0.15) is 11.6 Å². The quantitative estimate of drug-likeness (QED) is 0.909. The minimum atomic E-state index is -0.657. The molecule has 0 atom stereocenters. The van der Waals surface area contributed by atoms with E-state index in [2.05, 4.69) is 5.32 Å². The first-order valence-corrected chi connectivity index (χ1v) is 6.13. The summed E-state index contributed by atoms with van der Waals surface area (Å²) in [6.07, 6.45) is 0. The van der Waals surface area contributed by atoms with E-state index in [1.165, 1.54) is 30.3 Å². The second-order valence-corrected chi connectivity index (χ2v) is 4.53. The lowest BCUT2D eigenvalue weighted by Gasteiger charge is -2.10. The van der Waals surface area contributed by atoms with Crippen molar-refractivity contribution in [3.63, 3.8) is 0 Å². The Labute approximate surface area is 119 Å². The van der Waals surface area contributed by atoms with Gasteiger partial charge in [-0.3, -0.25) is 4.79 Å². The molecular formula is C14H11ClF2N2O. The van der Waals surface area contributed by atoms with Crippen LogP contribution in [-0.4, -0.2) is 5.91 Å². The number of nitrogens with two attached hydrogens (primary N) is 1.